The normalized spacial score (nSPS) is 13.1. The van der Waals surface area contributed by atoms with Gasteiger partial charge < -0.3 is 20.3 Å². The van der Waals surface area contributed by atoms with Crippen LogP contribution in [0.4, 0.5) is 14.9 Å². The molecule has 0 aliphatic heterocycles. The van der Waals surface area contributed by atoms with Crippen molar-refractivity contribution in [1.82, 2.24) is 9.88 Å². The Labute approximate surface area is 171 Å². The van der Waals surface area contributed by atoms with Gasteiger partial charge in [0.15, 0.2) is 0 Å². The van der Waals surface area contributed by atoms with Gasteiger partial charge in [-0.15, -0.1) is 0 Å². The Balaban J connectivity index is 1.96. The number of H-pyrrole nitrogens is 1. The van der Waals surface area contributed by atoms with Crippen LogP contribution < -0.4 is 10.9 Å². The van der Waals surface area contributed by atoms with E-state index in [1.165, 1.54) is 17.0 Å². The summed E-state index contributed by atoms with van der Waals surface area (Å²) in [5.41, 5.74) is 0.840. The van der Waals surface area contributed by atoms with Crippen LogP contribution in [0.1, 0.15) is 25.5 Å². The number of hydrogen-bond acceptors (Lipinski definition) is 3. The number of amides is 2. The van der Waals surface area contributed by atoms with E-state index in [0.29, 0.717) is 11.1 Å². The highest BCUT2D eigenvalue weighted by molar-refractivity contribution is 6.31. The third-order valence-electron chi connectivity index (χ3n) is 4.65. The number of carbonyl (C=O) groups is 1. The minimum atomic E-state index is -0.783. The molecule has 8 heteroatoms. The van der Waals surface area contributed by atoms with E-state index < -0.39 is 24.0 Å². The summed E-state index contributed by atoms with van der Waals surface area (Å²) in [6, 6.07) is 10.0. The van der Waals surface area contributed by atoms with Gasteiger partial charge in [0.05, 0.1) is 17.2 Å². The Hall–Kier alpha value is -2.90. The van der Waals surface area contributed by atoms with E-state index in [2.05, 4.69) is 10.3 Å². The van der Waals surface area contributed by atoms with Crippen LogP contribution in [0.2, 0.25) is 5.02 Å². The maximum Gasteiger partial charge on any atom is 0.322 e. The van der Waals surface area contributed by atoms with Gasteiger partial charge in [0.2, 0.25) is 0 Å². The Morgan fingerprint density at radius 3 is 2.59 bits per heavy atom. The third kappa shape index (κ3) is 4.58. The molecule has 0 aliphatic rings. The number of benzene rings is 2. The molecule has 0 radical (unpaired) electrons. The molecule has 0 saturated carbocycles. The lowest BCUT2D eigenvalue weighted by molar-refractivity contribution is 0.121. The Kier molecular flexibility index (Phi) is 6.20. The number of aliphatic hydroxyl groups is 1. The number of halogens is 2. The zero-order chi connectivity index (χ0) is 21.1. The number of hydrogen-bond donors (Lipinski definition) is 3. The highest BCUT2D eigenvalue weighted by atomic mass is 35.5. The van der Waals surface area contributed by atoms with E-state index in [1.807, 2.05) is 12.1 Å². The topological polar surface area (TPSA) is 85.4 Å². The first-order valence-electron chi connectivity index (χ1n) is 9.09. The number of carbonyl (C=O) groups excluding carboxylic acids is 1. The van der Waals surface area contributed by atoms with Crippen LogP contribution in [0.15, 0.2) is 53.5 Å². The lowest BCUT2D eigenvalue weighted by Crippen LogP contribution is -2.41. The predicted molar refractivity (Wildman–Crippen MR) is 112 cm³/mol. The van der Waals surface area contributed by atoms with Gasteiger partial charge in [-0.2, -0.15) is 0 Å². The van der Waals surface area contributed by atoms with Crippen molar-refractivity contribution in [2.24, 2.45) is 0 Å². The molecule has 0 spiro atoms. The number of rotatable bonds is 5. The number of pyridine rings is 1. The van der Waals surface area contributed by atoms with Crippen molar-refractivity contribution in [3.05, 3.63) is 75.4 Å². The fourth-order valence-electron chi connectivity index (χ4n) is 3.22. The zero-order valence-corrected chi connectivity index (χ0v) is 16.7. The molecule has 29 heavy (non-hydrogen) atoms. The van der Waals surface area contributed by atoms with Gasteiger partial charge >= 0.3 is 6.03 Å². The molecule has 0 unspecified atom stereocenters. The second-order valence-corrected chi connectivity index (χ2v) is 7.26. The average molecular weight is 418 g/mol. The molecular formula is C21H21ClFN3O3. The lowest BCUT2D eigenvalue weighted by Gasteiger charge is -2.31. The van der Waals surface area contributed by atoms with E-state index in [1.54, 1.807) is 32.2 Å². The standard InChI is InChI=1S/C21H21ClFN3O3/c1-12(27)11-26(21(29)25-14-7-8-19(23)18(22)9-14)13(2)17-10-24-20(28)16-6-4-3-5-15(16)17/h3-10,12-13,27H,11H2,1-2H3,(H,24,28)(H,25,29)/t12-,13+/m0/s1. The largest absolute Gasteiger partial charge is 0.392 e. The molecule has 2 aromatic carbocycles. The first-order valence-corrected chi connectivity index (χ1v) is 9.46. The van der Waals surface area contributed by atoms with Gasteiger partial charge in [-0.05, 0) is 49.1 Å². The van der Waals surface area contributed by atoms with Crippen molar-refractivity contribution in [2.45, 2.75) is 26.0 Å². The summed E-state index contributed by atoms with van der Waals surface area (Å²) in [6.45, 7) is 3.43. The van der Waals surface area contributed by atoms with Gasteiger partial charge in [0.1, 0.15) is 5.82 Å². The molecule has 1 aromatic heterocycles. The van der Waals surface area contributed by atoms with Crippen LogP contribution in [-0.2, 0) is 0 Å². The van der Waals surface area contributed by atoms with Crippen LogP contribution in [0.25, 0.3) is 10.8 Å². The quantitative estimate of drug-likeness (QED) is 0.578. The minimum absolute atomic E-state index is 0.0510. The van der Waals surface area contributed by atoms with Gasteiger partial charge in [-0.1, -0.05) is 29.8 Å². The number of nitrogens with zero attached hydrogens (tertiary/aromatic N) is 1. The van der Waals surface area contributed by atoms with Gasteiger partial charge in [-0.25, -0.2) is 9.18 Å². The number of urea groups is 1. The average Bonchev–Trinajstić information content (AvgIpc) is 2.69. The van der Waals surface area contributed by atoms with Crippen molar-refractivity contribution < 1.29 is 14.3 Å². The second-order valence-electron chi connectivity index (χ2n) is 6.86. The smallest absolute Gasteiger partial charge is 0.322 e. The summed E-state index contributed by atoms with van der Waals surface area (Å²) < 4.78 is 13.4. The third-order valence-corrected chi connectivity index (χ3v) is 4.94. The van der Waals surface area contributed by atoms with E-state index >= 15 is 0 Å². The predicted octanol–water partition coefficient (Wildman–Crippen LogP) is 4.30. The molecule has 0 fully saturated rings. The number of aromatic nitrogens is 1. The molecule has 2 atom stereocenters. The first kappa shape index (κ1) is 20.8. The summed E-state index contributed by atoms with van der Waals surface area (Å²) >= 11 is 5.79. The van der Waals surface area contributed by atoms with Crippen molar-refractivity contribution in [3.63, 3.8) is 0 Å². The maximum atomic E-state index is 13.4. The minimum Gasteiger partial charge on any atom is -0.392 e. The van der Waals surface area contributed by atoms with Crippen molar-refractivity contribution in [1.29, 1.82) is 0 Å². The molecule has 3 rings (SSSR count). The highest BCUT2D eigenvalue weighted by Crippen LogP contribution is 2.27. The van der Waals surface area contributed by atoms with Crippen molar-refractivity contribution in [3.8, 4) is 0 Å². The van der Waals surface area contributed by atoms with Crippen LogP contribution in [-0.4, -0.2) is 33.7 Å². The molecule has 2 amide bonds. The summed E-state index contributed by atoms with van der Waals surface area (Å²) in [7, 11) is 0. The van der Waals surface area contributed by atoms with Gasteiger partial charge in [0, 0.05) is 23.8 Å². The van der Waals surface area contributed by atoms with Crippen LogP contribution in [0.3, 0.4) is 0 Å². The molecule has 0 aliphatic carbocycles. The summed E-state index contributed by atoms with van der Waals surface area (Å²) in [5.74, 6) is -0.585. The van der Waals surface area contributed by atoms with Crippen LogP contribution >= 0.6 is 11.6 Å². The van der Waals surface area contributed by atoms with E-state index in [9.17, 15) is 19.1 Å². The Bertz CT molecular complexity index is 1100. The molecule has 6 nitrogen and oxygen atoms in total. The monoisotopic (exact) mass is 417 g/mol. The van der Waals surface area contributed by atoms with Crippen LogP contribution in [0.5, 0.6) is 0 Å². The molecule has 3 aromatic rings. The van der Waals surface area contributed by atoms with E-state index in [-0.39, 0.29) is 17.1 Å². The molecule has 0 bridgehead atoms. The van der Waals surface area contributed by atoms with E-state index in [4.69, 9.17) is 11.6 Å². The fourth-order valence-corrected chi connectivity index (χ4v) is 3.40. The zero-order valence-electron chi connectivity index (χ0n) is 15.9. The summed E-state index contributed by atoms with van der Waals surface area (Å²) in [4.78, 5) is 29.2. The van der Waals surface area contributed by atoms with Crippen molar-refractivity contribution in [2.75, 3.05) is 11.9 Å². The fraction of sp³-hybridized carbons (Fsp3) is 0.238. The molecule has 3 N–H and O–H groups in total. The summed E-state index contributed by atoms with van der Waals surface area (Å²) in [5, 5.41) is 13.7. The highest BCUT2D eigenvalue weighted by Gasteiger charge is 2.25. The number of nitrogens with one attached hydrogen (secondary N) is 2. The Morgan fingerprint density at radius 1 is 1.24 bits per heavy atom. The molecule has 152 valence electrons. The van der Waals surface area contributed by atoms with Gasteiger partial charge in [0.25, 0.3) is 5.56 Å². The second kappa shape index (κ2) is 8.63. The lowest BCUT2D eigenvalue weighted by atomic mass is 10.0. The first-order chi connectivity index (χ1) is 13.8. The molecule has 0 saturated heterocycles. The maximum absolute atomic E-state index is 13.4. The molecule has 1 heterocycles. The SMILES string of the molecule is C[C@H](O)CN(C(=O)Nc1ccc(F)c(Cl)c1)[C@H](C)c1c[nH]c(=O)c2ccccc12. The Morgan fingerprint density at radius 2 is 1.93 bits per heavy atom. The number of aromatic amines is 1. The van der Waals surface area contributed by atoms with Gasteiger partial charge in [-0.3, -0.25) is 4.79 Å². The number of anilines is 1. The van der Waals surface area contributed by atoms with E-state index in [0.717, 1.165) is 17.0 Å². The number of aliphatic hydroxyl groups excluding tert-OH is 1. The number of fused-ring (bicyclic) bond motifs is 1. The van der Waals surface area contributed by atoms with Crippen molar-refractivity contribution >= 4 is 34.1 Å². The molecular weight excluding hydrogens is 397 g/mol. The van der Waals surface area contributed by atoms with Crippen LogP contribution in [0, 0.1) is 5.82 Å². The summed E-state index contributed by atoms with van der Waals surface area (Å²) in [6.07, 6.45) is 0.793.